The smallest absolute Gasteiger partial charge is 0.0915 e. The lowest BCUT2D eigenvalue weighted by molar-refractivity contribution is -0.104. The molecule has 0 aliphatic carbocycles. The van der Waals surface area contributed by atoms with Gasteiger partial charge in [-0.1, -0.05) is 0 Å². The van der Waals surface area contributed by atoms with E-state index in [1.165, 1.54) is 0 Å². The highest BCUT2D eigenvalue weighted by molar-refractivity contribution is 5.47. The van der Waals surface area contributed by atoms with Gasteiger partial charge in [0.05, 0.1) is 11.6 Å². The van der Waals surface area contributed by atoms with Crippen molar-refractivity contribution in [3.05, 3.63) is 24.0 Å². The van der Waals surface area contributed by atoms with Gasteiger partial charge in [0.2, 0.25) is 0 Å². The molecule has 0 radical (unpaired) electrons. The standard InChI is InChI=1S/C12H19N3O2/c1-16-12(3-6-17-7-4-12)11(14)9-8-15-5-2-10(9)13/h2,5,8,11H,3-4,6-7,14H2,1H3,(H2,13,15). The number of nitrogen functional groups attached to an aromatic ring is 1. The topological polar surface area (TPSA) is 83.4 Å². The lowest BCUT2D eigenvalue weighted by Crippen LogP contribution is -2.47. The Hall–Kier alpha value is -1.17. The van der Waals surface area contributed by atoms with Crippen molar-refractivity contribution in [3.8, 4) is 0 Å². The molecule has 1 aliphatic heterocycles. The fourth-order valence-corrected chi connectivity index (χ4v) is 2.32. The summed E-state index contributed by atoms with van der Waals surface area (Å²) in [4.78, 5) is 4.08. The zero-order chi connectivity index (χ0) is 12.3. The van der Waals surface area contributed by atoms with Crippen LogP contribution in [0.2, 0.25) is 0 Å². The number of rotatable bonds is 3. The molecule has 17 heavy (non-hydrogen) atoms. The largest absolute Gasteiger partial charge is 0.398 e. The SMILES string of the molecule is COC1(C(N)c2cnccc2N)CCOCC1. The number of hydrogen-bond acceptors (Lipinski definition) is 5. The molecule has 0 bridgehead atoms. The lowest BCUT2D eigenvalue weighted by atomic mass is 9.82. The van der Waals surface area contributed by atoms with Crippen molar-refractivity contribution in [1.82, 2.24) is 4.98 Å². The van der Waals surface area contributed by atoms with Gasteiger partial charge in [-0.25, -0.2) is 0 Å². The number of pyridine rings is 1. The van der Waals surface area contributed by atoms with Crippen LogP contribution in [-0.4, -0.2) is 30.9 Å². The van der Waals surface area contributed by atoms with Crippen LogP contribution in [0.1, 0.15) is 24.4 Å². The Kier molecular flexibility index (Phi) is 3.61. The fourth-order valence-electron chi connectivity index (χ4n) is 2.32. The maximum Gasteiger partial charge on any atom is 0.0915 e. The fraction of sp³-hybridized carbons (Fsp3) is 0.583. The molecule has 5 nitrogen and oxygen atoms in total. The molecule has 94 valence electrons. The van der Waals surface area contributed by atoms with Crippen LogP contribution in [0.5, 0.6) is 0 Å². The van der Waals surface area contributed by atoms with Crippen LogP contribution < -0.4 is 11.5 Å². The van der Waals surface area contributed by atoms with Gasteiger partial charge in [-0.3, -0.25) is 4.98 Å². The van der Waals surface area contributed by atoms with Crippen molar-refractivity contribution in [3.63, 3.8) is 0 Å². The van der Waals surface area contributed by atoms with Crippen LogP contribution in [-0.2, 0) is 9.47 Å². The van der Waals surface area contributed by atoms with Crippen molar-refractivity contribution in [2.75, 3.05) is 26.1 Å². The molecule has 1 aromatic heterocycles. The zero-order valence-corrected chi connectivity index (χ0v) is 10.1. The van der Waals surface area contributed by atoms with Crippen LogP contribution >= 0.6 is 0 Å². The summed E-state index contributed by atoms with van der Waals surface area (Å²) in [5.74, 6) is 0. The summed E-state index contributed by atoms with van der Waals surface area (Å²) in [6, 6.07) is 1.49. The third-order valence-electron chi connectivity index (χ3n) is 3.53. The molecule has 1 fully saturated rings. The lowest BCUT2D eigenvalue weighted by Gasteiger charge is -2.40. The molecule has 2 rings (SSSR count). The Morgan fingerprint density at radius 1 is 1.47 bits per heavy atom. The van der Waals surface area contributed by atoms with E-state index in [9.17, 15) is 0 Å². The van der Waals surface area contributed by atoms with E-state index < -0.39 is 5.60 Å². The van der Waals surface area contributed by atoms with E-state index in [0.717, 1.165) is 18.4 Å². The van der Waals surface area contributed by atoms with Crippen molar-refractivity contribution in [2.24, 2.45) is 5.73 Å². The predicted octanol–water partition coefficient (Wildman–Crippen LogP) is 0.859. The van der Waals surface area contributed by atoms with E-state index in [4.69, 9.17) is 20.9 Å². The summed E-state index contributed by atoms with van der Waals surface area (Å²) in [5, 5.41) is 0. The molecule has 1 aromatic rings. The van der Waals surface area contributed by atoms with Gasteiger partial charge < -0.3 is 20.9 Å². The van der Waals surface area contributed by atoms with Gasteiger partial charge in [-0.05, 0) is 6.07 Å². The molecule has 1 unspecified atom stereocenters. The van der Waals surface area contributed by atoms with E-state index in [1.807, 2.05) is 0 Å². The third kappa shape index (κ3) is 2.26. The van der Waals surface area contributed by atoms with Gasteiger partial charge in [0.15, 0.2) is 0 Å². The van der Waals surface area contributed by atoms with Gasteiger partial charge in [0.1, 0.15) is 0 Å². The van der Waals surface area contributed by atoms with E-state index in [-0.39, 0.29) is 6.04 Å². The predicted molar refractivity (Wildman–Crippen MR) is 65.4 cm³/mol. The van der Waals surface area contributed by atoms with Crippen LogP contribution in [0.4, 0.5) is 5.69 Å². The summed E-state index contributed by atoms with van der Waals surface area (Å²) < 4.78 is 11.0. The second-order valence-electron chi connectivity index (χ2n) is 4.36. The van der Waals surface area contributed by atoms with E-state index in [0.29, 0.717) is 18.9 Å². The van der Waals surface area contributed by atoms with Crippen LogP contribution in [0, 0.1) is 0 Å². The zero-order valence-electron chi connectivity index (χ0n) is 10.1. The van der Waals surface area contributed by atoms with Crippen LogP contribution in [0.25, 0.3) is 0 Å². The first-order chi connectivity index (χ1) is 8.19. The number of nitrogens with two attached hydrogens (primary N) is 2. The Labute approximate surface area is 101 Å². The summed E-state index contributed by atoms with van der Waals surface area (Å²) in [6.45, 7) is 1.34. The summed E-state index contributed by atoms with van der Waals surface area (Å²) in [7, 11) is 1.69. The average Bonchev–Trinajstić information content (AvgIpc) is 2.39. The second-order valence-corrected chi connectivity index (χ2v) is 4.36. The van der Waals surface area contributed by atoms with E-state index >= 15 is 0 Å². The van der Waals surface area contributed by atoms with Crippen molar-refractivity contribution < 1.29 is 9.47 Å². The maximum atomic E-state index is 6.32. The van der Waals surface area contributed by atoms with Crippen molar-refractivity contribution in [1.29, 1.82) is 0 Å². The first kappa shape index (κ1) is 12.3. The highest BCUT2D eigenvalue weighted by atomic mass is 16.5. The molecule has 1 saturated heterocycles. The highest BCUT2D eigenvalue weighted by Gasteiger charge is 2.40. The molecule has 1 atom stereocenters. The minimum atomic E-state index is -0.393. The Morgan fingerprint density at radius 2 is 2.18 bits per heavy atom. The summed E-state index contributed by atoms with van der Waals surface area (Å²) in [6.07, 6.45) is 4.93. The number of aromatic nitrogens is 1. The number of ether oxygens (including phenoxy) is 2. The molecular weight excluding hydrogens is 218 g/mol. The molecule has 0 spiro atoms. The van der Waals surface area contributed by atoms with Gasteiger partial charge >= 0.3 is 0 Å². The van der Waals surface area contributed by atoms with Crippen LogP contribution in [0.15, 0.2) is 18.5 Å². The number of nitrogens with zero attached hydrogens (tertiary/aromatic N) is 1. The molecule has 2 heterocycles. The van der Waals surface area contributed by atoms with Crippen molar-refractivity contribution in [2.45, 2.75) is 24.5 Å². The second kappa shape index (κ2) is 5.00. The number of methoxy groups -OCH3 is 1. The van der Waals surface area contributed by atoms with Gasteiger partial charge in [-0.2, -0.15) is 0 Å². The molecule has 1 aliphatic rings. The Balaban J connectivity index is 2.28. The molecule has 5 heteroatoms. The van der Waals surface area contributed by atoms with Gasteiger partial charge in [-0.15, -0.1) is 0 Å². The first-order valence-corrected chi connectivity index (χ1v) is 5.77. The number of hydrogen-bond donors (Lipinski definition) is 2. The van der Waals surface area contributed by atoms with Gasteiger partial charge in [0, 0.05) is 56.8 Å². The van der Waals surface area contributed by atoms with Gasteiger partial charge in [0.25, 0.3) is 0 Å². The normalized spacial score (nSPS) is 21.1. The maximum absolute atomic E-state index is 6.32. The molecule has 0 saturated carbocycles. The van der Waals surface area contributed by atoms with Crippen LogP contribution in [0.3, 0.4) is 0 Å². The molecule has 0 amide bonds. The third-order valence-corrected chi connectivity index (χ3v) is 3.53. The highest BCUT2D eigenvalue weighted by Crippen LogP contribution is 2.37. The quantitative estimate of drug-likeness (QED) is 0.814. The van der Waals surface area contributed by atoms with E-state index in [2.05, 4.69) is 4.98 Å². The Bertz CT molecular complexity index is 378. The molecule has 4 N–H and O–H groups in total. The van der Waals surface area contributed by atoms with Crippen molar-refractivity contribution >= 4 is 5.69 Å². The van der Waals surface area contributed by atoms with E-state index in [1.54, 1.807) is 25.6 Å². The molecular formula is C12H19N3O2. The summed E-state index contributed by atoms with van der Waals surface area (Å²) in [5.41, 5.74) is 13.4. The summed E-state index contributed by atoms with van der Waals surface area (Å²) >= 11 is 0. The molecule has 0 aromatic carbocycles. The Morgan fingerprint density at radius 3 is 2.76 bits per heavy atom. The minimum absolute atomic E-state index is 0.273. The average molecular weight is 237 g/mol. The monoisotopic (exact) mass is 237 g/mol. The number of anilines is 1. The first-order valence-electron chi connectivity index (χ1n) is 5.77. The minimum Gasteiger partial charge on any atom is -0.398 e.